The van der Waals surface area contributed by atoms with Gasteiger partial charge in [-0.15, -0.1) is 0 Å². The fourth-order valence-electron chi connectivity index (χ4n) is 5.86. The van der Waals surface area contributed by atoms with E-state index in [4.69, 9.17) is 0 Å². The molecule has 1 N–H and O–H groups in total. The molecule has 0 aromatic heterocycles. The summed E-state index contributed by atoms with van der Waals surface area (Å²) in [5, 5.41) is 9.33. The normalized spacial score (nSPS) is 38.7. The van der Waals surface area contributed by atoms with Crippen molar-refractivity contribution in [3.8, 4) is 0 Å². The van der Waals surface area contributed by atoms with Gasteiger partial charge in [0.15, 0.2) is 0 Å². The molecule has 1 unspecified atom stereocenters. The third-order valence-corrected chi connectivity index (χ3v) is 7.29. The number of allylic oxidation sites excluding steroid dienone is 4. The highest BCUT2D eigenvalue weighted by Gasteiger charge is 2.57. The highest BCUT2D eigenvalue weighted by molar-refractivity contribution is 6.34. The summed E-state index contributed by atoms with van der Waals surface area (Å²) in [6, 6.07) is 0. The van der Waals surface area contributed by atoms with E-state index in [-0.39, 0.29) is 11.3 Å². The minimum Gasteiger partial charge on any atom is -0.475 e. The lowest BCUT2D eigenvalue weighted by molar-refractivity contribution is -0.161. The highest BCUT2D eigenvalue weighted by atomic mass is 16.4. The maximum Gasteiger partial charge on any atom is 0.372 e. The number of carbonyl (C=O) groups excluding carboxylic acids is 1. The van der Waals surface area contributed by atoms with E-state index in [1.54, 1.807) is 0 Å². The van der Waals surface area contributed by atoms with Crippen molar-refractivity contribution in [1.82, 2.24) is 0 Å². The van der Waals surface area contributed by atoms with Crippen LogP contribution in [0.5, 0.6) is 0 Å². The lowest BCUT2D eigenvalue weighted by atomic mass is 9.46. The number of hydrogen-bond acceptors (Lipinski definition) is 2. The van der Waals surface area contributed by atoms with Gasteiger partial charge in [-0.1, -0.05) is 51.8 Å². The quantitative estimate of drug-likeness (QED) is 0.758. The molecule has 24 heavy (non-hydrogen) atoms. The van der Waals surface area contributed by atoms with Gasteiger partial charge in [-0.3, -0.25) is 4.79 Å². The van der Waals surface area contributed by atoms with Crippen LogP contribution in [0, 0.1) is 28.6 Å². The molecule has 3 aliphatic rings. The van der Waals surface area contributed by atoms with Gasteiger partial charge < -0.3 is 5.11 Å². The van der Waals surface area contributed by atoms with Crippen molar-refractivity contribution in [1.29, 1.82) is 0 Å². The van der Waals surface area contributed by atoms with Crippen LogP contribution in [-0.2, 0) is 9.59 Å². The van der Waals surface area contributed by atoms with Crippen molar-refractivity contribution in [3.63, 3.8) is 0 Å². The van der Waals surface area contributed by atoms with Crippen LogP contribution in [0.4, 0.5) is 0 Å². The first-order chi connectivity index (χ1) is 11.2. The first kappa shape index (κ1) is 17.4. The van der Waals surface area contributed by atoms with Crippen molar-refractivity contribution in [2.75, 3.05) is 0 Å². The maximum atomic E-state index is 12.5. The second-order valence-electron chi connectivity index (χ2n) is 8.87. The standard InChI is InChI=1S/C21H30O3/c1-13(2)14-6-8-16-15(12-14)7-9-17-20(16,3)10-5-11-21(17,4)18(22)19(23)24/h7,12-13,16-17H,5-6,8-11H2,1-4H3,(H,23,24)/t16-,17?,20-,21+/m1/s1. The summed E-state index contributed by atoms with van der Waals surface area (Å²) in [5.41, 5.74) is 2.29. The van der Waals surface area contributed by atoms with Gasteiger partial charge in [-0.25, -0.2) is 4.79 Å². The third-order valence-electron chi connectivity index (χ3n) is 7.29. The minimum atomic E-state index is -1.26. The van der Waals surface area contributed by atoms with Gasteiger partial charge >= 0.3 is 5.97 Å². The molecule has 3 rings (SSSR count). The molecule has 0 spiro atoms. The Bertz CT molecular complexity index is 627. The number of hydrogen-bond donors (Lipinski definition) is 1. The molecular weight excluding hydrogens is 300 g/mol. The Hall–Kier alpha value is -1.38. The van der Waals surface area contributed by atoms with E-state index in [1.807, 2.05) is 6.92 Å². The number of carboxylic acids is 1. The molecule has 1 fully saturated rings. The van der Waals surface area contributed by atoms with Crippen molar-refractivity contribution >= 4 is 11.8 Å². The molecule has 3 nitrogen and oxygen atoms in total. The average Bonchev–Trinajstić information content (AvgIpc) is 2.53. The number of ketones is 1. The molecule has 0 aromatic carbocycles. The van der Waals surface area contributed by atoms with Crippen molar-refractivity contribution < 1.29 is 14.7 Å². The number of Topliss-reactive ketones (excluding diaryl/α,β-unsaturated/α-hetero) is 1. The molecule has 0 aromatic rings. The van der Waals surface area contributed by atoms with Crippen molar-refractivity contribution in [2.24, 2.45) is 28.6 Å². The number of carbonyl (C=O) groups is 2. The van der Waals surface area contributed by atoms with E-state index in [1.165, 1.54) is 11.1 Å². The van der Waals surface area contributed by atoms with Crippen molar-refractivity contribution in [3.05, 3.63) is 23.3 Å². The first-order valence-corrected chi connectivity index (χ1v) is 9.38. The Balaban J connectivity index is 2.00. The Kier molecular flexibility index (Phi) is 4.26. The Morgan fingerprint density at radius 3 is 2.58 bits per heavy atom. The molecule has 4 atom stereocenters. The summed E-state index contributed by atoms with van der Waals surface area (Å²) < 4.78 is 0. The van der Waals surface area contributed by atoms with E-state index in [0.29, 0.717) is 18.3 Å². The van der Waals surface area contributed by atoms with Gasteiger partial charge in [0.2, 0.25) is 5.78 Å². The van der Waals surface area contributed by atoms with Gasteiger partial charge in [-0.05, 0) is 60.8 Å². The molecule has 132 valence electrons. The Morgan fingerprint density at radius 2 is 1.96 bits per heavy atom. The van der Waals surface area contributed by atoms with Crippen LogP contribution in [0.2, 0.25) is 0 Å². The number of aliphatic carboxylic acids is 1. The summed E-state index contributed by atoms with van der Waals surface area (Å²) in [6.45, 7) is 8.73. The molecule has 0 heterocycles. The SMILES string of the molecule is CC(C)C1=CC2=CCC3[C@](C)(CCC[C@]3(C)C(=O)C(=O)O)[C@@H]2CC1. The third kappa shape index (κ3) is 2.48. The van der Waals surface area contributed by atoms with E-state index in [2.05, 4.69) is 32.9 Å². The first-order valence-electron chi connectivity index (χ1n) is 9.38. The lowest BCUT2D eigenvalue weighted by Crippen LogP contribution is -2.54. The minimum absolute atomic E-state index is 0.0429. The molecule has 0 aliphatic heterocycles. The zero-order chi connectivity index (χ0) is 17.7. The van der Waals surface area contributed by atoms with Gasteiger partial charge in [0.1, 0.15) is 0 Å². The summed E-state index contributed by atoms with van der Waals surface area (Å²) in [5.74, 6) is -0.640. The van der Waals surface area contributed by atoms with Crippen LogP contribution < -0.4 is 0 Å². The zero-order valence-corrected chi connectivity index (χ0v) is 15.4. The van der Waals surface area contributed by atoms with Gasteiger partial charge in [0.05, 0.1) is 0 Å². The molecule has 3 aliphatic carbocycles. The Labute approximate surface area is 145 Å². The van der Waals surface area contributed by atoms with Crippen LogP contribution in [0.1, 0.15) is 66.2 Å². The van der Waals surface area contributed by atoms with Crippen molar-refractivity contribution in [2.45, 2.75) is 66.2 Å². The van der Waals surface area contributed by atoms with Crippen LogP contribution in [0.3, 0.4) is 0 Å². The molecule has 0 radical (unpaired) electrons. The van der Waals surface area contributed by atoms with E-state index < -0.39 is 17.2 Å². The molecule has 0 amide bonds. The smallest absolute Gasteiger partial charge is 0.372 e. The van der Waals surface area contributed by atoms with Crippen LogP contribution in [0.15, 0.2) is 23.3 Å². The second-order valence-corrected chi connectivity index (χ2v) is 8.87. The zero-order valence-electron chi connectivity index (χ0n) is 15.4. The fraction of sp³-hybridized carbons (Fsp3) is 0.714. The highest BCUT2D eigenvalue weighted by Crippen LogP contribution is 2.62. The van der Waals surface area contributed by atoms with E-state index >= 15 is 0 Å². The summed E-state index contributed by atoms with van der Waals surface area (Å²) in [4.78, 5) is 23.9. The molecule has 1 saturated carbocycles. The summed E-state index contributed by atoms with van der Waals surface area (Å²) in [7, 11) is 0. The molecular formula is C21H30O3. The van der Waals surface area contributed by atoms with Crippen LogP contribution >= 0.6 is 0 Å². The monoisotopic (exact) mass is 330 g/mol. The second kappa shape index (κ2) is 5.86. The molecule has 0 saturated heterocycles. The van der Waals surface area contributed by atoms with Gasteiger partial charge in [-0.2, -0.15) is 0 Å². The number of rotatable bonds is 3. The summed E-state index contributed by atoms with van der Waals surface area (Å²) in [6.07, 6.45) is 10.6. The van der Waals surface area contributed by atoms with E-state index in [0.717, 1.165) is 32.1 Å². The topological polar surface area (TPSA) is 54.4 Å². The number of fused-ring (bicyclic) bond motifs is 3. The average molecular weight is 330 g/mol. The van der Waals surface area contributed by atoms with E-state index in [9.17, 15) is 14.7 Å². The predicted molar refractivity (Wildman–Crippen MR) is 94.5 cm³/mol. The summed E-state index contributed by atoms with van der Waals surface area (Å²) >= 11 is 0. The van der Waals surface area contributed by atoms with Crippen LogP contribution in [-0.4, -0.2) is 16.9 Å². The number of carboxylic acid groups (broad SMARTS) is 1. The van der Waals surface area contributed by atoms with Crippen LogP contribution in [0.25, 0.3) is 0 Å². The predicted octanol–water partition coefficient (Wildman–Crippen LogP) is 4.78. The van der Waals surface area contributed by atoms with Gasteiger partial charge in [0, 0.05) is 5.41 Å². The largest absolute Gasteiger partial charge is 0.475 e. The molecule has 3 heteroatoms. The molecule has 0 bridgehead atoms. The lowest BCUT2D eigenvalue weighted by Gasteiger charge is -2.57. The fourth-order valence-corrected chi connectivity index (χ4v) is 5.86. The van der Waals surface area contributed by atoms with Gasteiger partial charge in [0.25, 0.3) is 0 Å². The maximum absolute atomic E-state index is 12.5. The Morgan fingerprint density at radius 1 is 1.25 bits per heavy atom.